The van der Waals surface area contributed by atoms with E-state index in [0.29, 0.717) is 5.41 Å². The lowest BCUT2D eigenvalue weighted by Gasteiger charge is -2.42. The maximum Gasteiger partial charge on any atom is 0.191 e. The second kappa shape index (κ2) is 13.6. The zero-order valence-electron chi connectivity index (χ0n) is 19.7. The smallest absolute Gasteiger partial charge is 0.191 e. The number of methoxy groups -OCH3 is 1. The maximum atomic E-state index is 5.32. The van der Waals surface area contributed by atoms with E-state index in [1.807, 2.05) is 7.05 Å². The summed E-state index contributed by atoms with van der Waals surface area (Å²) in [7, 11) is 3.65. The number of ether oxygens (including phenoxy) is 1. The molecule has 1 aromatic rings. The molecule has 1 saturated heterocycles. The van der Waals surface area contributed by atoms with Gasteiger partial charge in [0.05, 0.1) is 0 Å². The van der Waals surface area contributed by atoms with E-state index < -0.39 is 0 Å². The van der Waals surface area contributed by atoms with Gasteiger partial charge >= 0.3 is 0 Å². The van der Waals surface area contributed by atoms with Gasteiger partial charge in [-0.2, -0.15) is 0 Å². The molecule has 3 rings (SSSR count). The van der Waals surface area contributed by atoms with Crippen molar-refractivity contribution in [2.24, 2.45) is 10.4 Å². The topological polar surface area (TPSA) is 52.1 Å². The molecule has 0 bridgehead atoms. The van der Waals surface area contributed by atoms with Crippen molar-refractivity contribution in [3.63, 3.8) is 0 Å². The summed E-state index contributed by atoms with van der Waals surface area (Å²) in [5.74, 6) is 0.894. The van der Waals surface area contributed by atoms with Crippen molar-refractivity contribution in [2.45, 2.75) is 45.7 Å². The largest absolute Gasteiger partial charge is 0.385 e. The number of piperazine rings is 1. The van der Waals surface area contributed by atoms with Crippen LogP contribution in [0.1, 0.15) is 43.7 Å². The summed E-state index contributed by atoms with van der Waals surface area (Å²) >= 11 is 0. The fourth-order valence-corrected chi connectivity index (χ4v) is 4.57. The number of aliphatic imine (C=N–C) groups is 1. The zero-order chi connectivity index (χ0) is 21.2. The molecule has 1 aromatic carbocycles. The Kier molecular flexibility index (Phi) is 11.6. The van der Waals surface area contributed by atoms with Crippen molar-refractivity contribution in [3.8, 4) is 0 Å². The average molecular weight is 544 g/mol. The van der Waals surface area contributed by atoms with Gasteiger partial charge in [0.25, 0.3) is 0 Å². The summed E-state index contributed by atoms with van der Waals surface area (Å²) in [6.07, 6.45) is 5.03. The summed E-state index contributed by atoms with van der Waals surface area (Å²) in [5, 5.41) is 7.11. The normalized spacial score (nSPS) is 19.4. The first kappa shape index (κ1) is 26.4. The van der Waals surface area contributed by atoms with Gasteiger partial charge < -0.3 is 20.3 Å². The van der Waals surface area contributed by atoms with Crippen LogP contribution in [-0.4, -0.2) is 75.8 Å². The second-order valence-corrected chi connectivity index (χ2v) is 8.85. The van der Waals surface area contributed by atoms with E-state index in [2.05, 4.69) is 56.6 Å². The number of nitrogens with one attached hydrogen (secondary N) is 2. The fourth-order valence-electron chi connectivity index (χ4n) is 4.57. The number of benzene rings is 1. The molecular weight excluding hydrogens is 501 g/mol. The van der Waals surface area contributed by atoms with Crippen molar-refractivity contribution in [1.82, 2.24) is 20.4 Å². The third kappa shape index (κ3) is 7.87. The second-order valence-electron chi connectivity index (χ2n) is 8.85. The Morgan fingerprint density at radius 1 is 1.06 bits per heavy atom. The molecule has 0 amide bonds. The third-order valence-corrected chi connectivity index (χ3v) is 6.98. The molecule has 0 unspecified atom stereocenters. The minimum absolute atomic E-state index is 0. The summed E-state index contributed by atoms with van der Waals surface area (Å²) in [6, 6.07) is 8.81. The van der Waals surface area contributed by atoms with E-state index in [-0.39, 0.29) is 24.0 Å². The third-order valence-electron chi connectivity index (χ3n) is 6.98. The predicted molar refractivity (Wildman–Crippen MR) is 140 cm³/mol. The first-order valence-corrected chi connectivity index (χ1v) is 11.6. The number of nitrogens with zero attached hydrogens (tertiary/aromatic N) is 3. The number of guanidine groups is 1. The van der Waals surface area contributed by atoms with Crippen LogP contribution in [0.15, 0.2) is 29.3 Å². The summed E-state index contributed by atoms with van der Waals surface area (Å²) in [6.45, 7) is 11.7. The van der Waals surface area contributed by atoms with Crippen molar-refractivity contribution in [2.75, 3.05) is 60.0 Å². The molecule has 2 N–H and O–H groups in total. The zero-order valence-corrected chi connectivity index (χ0v) is 22.0. The molecule has 2 fully saturated rings. The van der Waals surface area contributed by atoms with Crippen LogP contribution < -0.4 is 10.6 Å². The highest BCUT2D eigenvalue weighted by molar-refractivity contribution is 14.0. The highest BCUT2D eigenvalue weighted by Gasteiger charge is 2.36. The molecular formula is C24H42IN5O. The van der Waals surface area contributed by atoms with Crippen LogP contribution in [0.25, 0.3) is 0 Å². The first-order valence-electron chi connectivity index (χ1n) is 11.6. The maximum absolute atomic E-state index is 5.32. The molecule has 1 saturated carbocycles. The minimum Gasteiger partial charge on any atom is -0.385 e. The van der Waals surface area contributed by atoms with E-state index >= 15 is 0 Å². The van der Waals surface area contributed by atoms with E-state index in [9.17, 15) is 0 Å². The monoisotopic (exact) mass is 543 g/mol. The standard InChI is InChI=1S/C24H41N5O.HI/c1-4-28-13-15-29(16-14-28)19-22-9-6-5-8-21(22)18-26-23(25-2)27-20-24(10-7-11-24)12-17-30-3;/h5-6,8-9H,4,7,10-20H2,1-3H3,(H2,25,26,27);1H. The molecule has 6 nitrogen and oxygen atoms in total. The van der Waals surface area contributed by atoms with Crippen LogP contribution in [-0.2, 0) is 17.8 Å². The molecule has 1 aliphatic carbocycles. The predicted octanol–water partition coefficient (Wildman–Crippen LogP) is 3.31. The van der Waals surface area contributed by atoms with Crippen LogP contribution in [0.5, 0.6) is 0 Å². The van der Waals surface area contributed by atoms with Gasteiger partial charge in [-0.25, -0.2) is 0 Å². The van der Waals surface area contributed by atoms with Crippen LogP contribution in [0, 0.1) is 5.41 Å². The van der Waals surface area contributed by atoms with Gasteiger partial charge in [0, 0.05) is 66.6 Å². The highest BCUT2D eigenvalue weighted by atomic mass is 127. The van der Waals surface area contributed by atoms with Crippen LogP contribution >= 0.6 is 24.0 Å². The Balaban J connectivity index is 0.00000341. The first-order chi connectivity index (χ1) is 14.7. The molecule has 0 radical (unpaired) electrons. The van der Waals surface area contributed by atoms with E-state index in [1.165, 1.54) is 43.5 Å². The van der Waals surface area contributed by atoms with Gasteiger partial charge in [-0.1, -0.05) is 37.6 Å². The van der Waals surface area contributed by atoms with E-state index in [1.54, 1.807) is 7.11 Å². The van der Waals surface area contributed by atoms with Crippen molar-refractivity contribution < 1.29 is 4.74 Å². The lowest BCUT2D eigenvalue weighted by Crippen LogP contribution is -2.47. The molecule has 1 aliphatic heterocycles. The molecule has 0 aromatic heterocycles. The van der Waals surface area contributed by atoms with E-state index in [0.717, 1.165) is 58.3 Å². The number of halogens is 1. The van der Waals surface area contributed by atoms with Crippen molar-refractivity contribution in [3.05, 3.63) is 35.4 Å². The minimum atomic E-state index is 0. The SMILES string of the molecule is CCN1CCN(Cc2ccccc2CNC(=NC)NCC2(CCOC)CCC2)CC1.I. The molecule has 176 valence electrons. The van der Waals surface area contributed by atoms with Gasteiger partial charge in [-0.3, -0.25) is 9.89 Å². The lowest BCUT2D eigenvalue weighted by atomic mass is 9.67. The lowest BCUT2D eigenvalue weighted by molar-refractivity contribution is 0.0732. The van der Waals surface area contributed by atoms with Gasteiger partial charge in [-0.05, 0) is 42.3 Å². The van der Waals surface area contributed by atoms with Gasteiger partial charge in [-0.15, -0.1) is 24.0 Å². The fraction of sp³-hybridized carbons (Fsp3) is 0.708. The molecule has 7 heteroatoms. The summed E-state index contributed by atoms with van der Waals surface area (Å²) in [5.41, 5.74) is 3.16. The number of rotatable bonds is 10. The Morgan fingerprint density at radius 3 is 2.32 bits per heavy atom. The van der Waals surface area contributed by atoms with Crippen molar-refractivity contribution >= 4 is 29.9 Å². The summed E-state index contributed by atoms with van der Waals surface area (Å²) in [4.78, 5) is 9.56. The van der Waals surface area contributed by atoms with Crippen molar-refractivity contribution in [1.29, 1.82) is 0 Å². The van der Waals surface area contributed by atoms with Gasteiger partial charge in [0.1, 0.15) is 0 Å². The van der Waals surface area contributed by atoms with Crippen LogP contribution in [0.2, 0.25) is 0 Å². The Labute approximate surface area is 206 Å². The van der Waals surface area contributed by atoms with Crippen LogP contribution in [0.4, 0.5) is 0 Å². The molecule has 31 heavy (non-hydrogen) atoms. The van der Waals surface area contributed by atoms with E-state index in [4.69, 9.17) is 4.74 Å². The Morgan fingerprint density at radius 2 is 1.74 bits per heavy atom. The number of hydrogen-bond donors (Lipinski definition) is 2. The Hall–Kier alpha value is -0.900. The molecule has 0 atom stereocenters. The van der Waals surface area contributed by atoms with Crippen LogP contribution in [0.3, 0.4) is 0 Å². The number of likely N-dealkylation sites (N-methyl/N-ethyl adjacent to an activating group) is 1. The summed E-state index contributed by atoms with van der Waals surface area (Å²) < 4.78 is 5.32. The van der Waals surface area contributed by atoms with Gasteiger partial charge in [0.15, 0.2) is 5.96 Å². The quantitative estimate of drug-likeness (QED) is 0.270. The molecule has 1 heterocycles. The molecule has 2 aliphatic rings. The highest BCUT2D eigenvalue weighted by Crippen LogP contribution is 2.43. The number of hydrogen-bond acceptors (Lipinski definition) is 4. The Bertz CT molecular complexity index is 672. The molecule has 0 spiro atoms. The average Bonchev–Trinajstić information content (AvgIpc) is 2.76. The van der Waals surface area contributed by atoms with Gasteiger partial charge in [0.2, 0.25) is 0 Å².